The fourth-order valence-electron chi connectivity index (χ4n) is 2.70. The number of carbonyl (C=O) groups is 1. The second-order valence-corrected chi connectivity index (χ2v) is 6.06. The van der Waals surface area contributed by atoms with E-state index in [0.29, 0.717) is 18.5 Å². The summed E-state index contributed by atoms with van der Waals surface area (Å²) in [4.78, 5) is 22.6. The van der Waals surface area contributed by atoms with Crippen LogP contribution in [0.25, 0.3) is 0 Å². The quantitative estimate of drug-likeness (QED) is 0.864. The van der Waals surface area contributed by atoms with Crippen LogP contribution >= 0.6 is 0 Å². The van der Waals surface area contributed by atoms with Crippen molar-refractivity contribution in [2.75, 3.05) is 46.2 Å². The number of aliphatic hydroxyl groups is 1. The van der Waals surface area contributed by atoms with Crippen molar-refractivity contribution in [2.24, 2.45) is 0 Å². The highest BCUT2D eigenvalue weighted by Gasteiger charge is 2.35. The lowest BCUT2D eigenvalue weighted by Crippen LogP contribution is -2.41. The minimum Gasteiger partial charge on any atom is -0.391 e. The number of likely N-dealkylation sites (N-methyl/N-ethyl adjacent to an activating group) is 1. The molecule has 1 N–H and O–H groups in total. The molecule has 6 nitrogen and oxygen atoms in total. The third-order valence-corrected chi connectivity index (χ3v) is 3.68. The van der Waals surface area contributed by atoms with Crippen LogP contribution in [0, 0.1) is 0 Å². The van der Waals surface area contributed by atoms with Crippen molar-refractivity contribution in [3.63, 3.8) is 0 Å². The summed E-state index contributed by atoms with van der Waals surface area (Å²) in [7, 11) is 7.74. The molecule has 21 heavy (non-hydrogen) atoms. The van der Waals surface area contributed by atoms with Gasteiger partial charge in [0.2, 0.25) is 0 Å². The maximum atomic E-state index is 12.7. The van der Waals surface area contributed by atoms with Gasteiger partial charge in [-0.15, -0.1) is 0 Å². The third kappa shape index (κ3) is 3.71. The van der Waals surface area contributed by atoms with Gasteiger partial charge in [0, 0.05) is 45.0 Å². The maximum Gasteiger partial charge on any atom is 0.254 e. The first-order valence-electron chi connectivity index (χ1n) is 7.15. The highest BCUT2D eigenvalue weighted by molar-refractivity contribution is 5.95. The summed E-state index contributed by atoms with van der Waals surface area (Å²) in [5, 5.41) is 9.89. The Kier molecular flexibility index (Phi) is 4.80. The summed E-state index contributed by atoms with van der Waals surface area (Å²) in [5.74, 6) is 0.716. The molecule has 1 aliphatic heterocycles. The van der Waals surface area contributed by atoms with Gasteiger partial charge in [0.25, 0.3) is 5.91 Å². The van der Waals surface area contributed by atoms with Gasteiger partial charge in [-0.05, 0) is 32.6 Å². The molecule has 116 valence electrons. The highest BCUT2D eigenvalue weighted by atomic mass is 16.3. The van der Waals surface area contributed by atoms with E-state index < -0.39 is 6.10 Å². The molecule has 0 aliphatic carbocycles. The third-order valence-electron chi connectivity index (χ3n) is 3.68. The zero-order chi connectivity index (χ0) is 15.6. The number of rotatable bonds is 4. The van der Waals surface area contributed by atoms with E-state index in [2.05, 4.69) is 4.98 Å². The Morgan fingerprint density at radius 1 is 1.43 bits per heavy atom. The summed E-state index contributed by atoms with van der Waals surface area (Å²) >= 11 is 0. The molecule has 1 aromatic heterocycles. The first-order chi connectivity index (χ1) is 9.88. The predicted octanol–water partition coefficient (Wildman–Crippen LogP) is 0.285. The normalized spacial score (nSPS) is 21.9. The number of carbonyl (C=O) groups excluding carboxylic acids is 1. The fraction of sp³-hybridized carbons (Fsp3) is 0.600. The molecular formula is C15H24N4O2. The number of pyridine rings is 1. The lowest BCUT2D eigenvalue weighted by molar-refractivity contribution is 0.0699. The van der Waals surface area contributed by atoms with E-state index in [0.717, 1.165) is 12.4 Å². The van der Waals surface area contributed by atoms with Gasteiger partial charge < -0.3 is 19.8 Å². The van der Waals surface area contributed by atoms with Gasteiger partial charge in [-0.25, -0.2) is 4.98 Å². The van der Waals surface area contributed by atoms with E-state index in [1.807, 2.05) is 38.0 Å². The fourth-order valence-corrected chi connectivity index (χ4v) is 2.70. The second-order valence-electron chi connectivity index (χ2n) is 6.06. The van der Waals surface area contributed by atoms with Crippen molar-refractivity contribution < 1.29 is 9.90 Å². The average Bonchev–Trinajstić information content (AvgIpc) is 2.78. The molecule has 2 unspecified atom stereocenters. The molecule has 0 saturated carbocycles. The van der Waals surface area contributed by atoms with Gasteiger partial charge in [-0.3, -0.25) is 4.79 Å². The van der Waals surface area contributed by atoms with Gasteiger partial charge >= 0.3 is 0 Å². The molecule has 2 heterocycles. The zero-order valence-electron chi connectivity index (χ0n) is 13.2. The number of aliphatic hydroxyl groups excluding tert-OH is 1. The van der Waals surface area contributed by atoms with Crippen LogP contribution < -0.4 is 4.90 Å². The summed E-state index contributed by atoms with van der Waals surface area (Å²) in [6, 6.07) is 3.57. The Bertz CT molecular complexity index is 504. The Balaban J connectivity index is 2.19. The Morgan fingerprint density at radius 2 is 2.14 bits per heavy atom. The van der Waals surface area contributed by atoms with Crippen molar-refractivity contribution in [1.29, 1.82) is 0 Å². The molecular weight excluding hydrogens is 268 g/mol. The number of nitrogens with zero attached hydrogens (tertiary/aromatic N) is 4. The largest absolute Gasteiger partial charge is 0.391 e. The Labute approximate surface area is 126 Å². The summed E-state index contributed by atoms with van der Waals surface area (Å²) < 4.78 is 0. The first kappa shape index (κ1) is 15.7. The number of anilines is 1. The van der Waals surface area contributed by atoms with Crippen LogP contribution in [0.5, 0.6) is 0 Å². The van der Waals surface area contributed by atoms with Crippen molar-refractivity contribution >= 4 is 11.7 Å². The van der Waals surface area contributed by atoms with Crippen LogP contribution in [0.4, 0.5) is 5.82 Å². The van der Waals surface area contributed by atoms with E-state index in [-0.39, 0.29) is 11.9 Å². The van der Waals surface area contributed by atoms with Crippen molar-refractivity contribution in [3.05, 3.63) is 23.9 Å². The molecule has 0 spiro atoms. The number of β-amino-alcohol motifs (C(OH)–C–C–N with tert-alkyl or cyclic N) is 1. The average molecular weight is 292 g/mol. The topological polar surface area (TPSA) is 59.9 Å². The zero-order valence-corrected chi connectivity index (χ0v) is 13.2. The molecule has 2 rings (SSSR count). The van der Waals surface area contributed by atoms with Gasteiger partial charge in [0.15, 0.2) is 0 Å². The van der Waals surface area contributed by atoms with Crippen molar-refractivity contribution in [3.8, 4) is 0 Å². The molecule has 0 bridgehead atoms. The number of hydrogen-bond donors (Lipinski definition) is 1. The number of likely N-dealkylation sites (tertiary alicyclic amines) is 1. The van der Waals surface area contributed by atoms with Gasteiger partial charge in [0.05, 0.1) is 6.10 Å². The molecule has 1 aliphatic rings. The van der Waals surface area contributed by atoms with E-state index >= 15 is 0 Å². The lowest BCUT2D eigenvalue weighted by atomic mass is 10.1. The highest BCUT2D eigenvalue weighted by Crippen LogP contribution is 2.22. The number of amides is 1. The molecule has 0 aromatic carbocycles. The van der Waals surface area contributed by atoms with E-state index in [1.165, 1.54) is 0 Å². The Hall–Kier alpha value is -1.66. The van der Waals surface area contributed by atoms with E-state index in [9.17, 15) is 9.90 Å². The van der Waals surface area contributed by atoms with Gasteiger partial charge in [0.1, 0.15) is 5.82 Å². The smallest absolute Gasteiger partial charge is 0.254 e. The minimum absolute atomic E-state index is 0.0381. The molecule has 1 amide bonds. The van der Waals surface area contributed by atoms with Crippen LogP contribution in [0.3, 0.4) is 0 Å². The van der Waals surface area contributed by atoms with Crippen molar-refractivity contribution in [2.45, 2.75) is 18.6 Å². The number of aromatic nitrogens is 1. The van der Waals surface area contributed by atoms with Crippen LogP contribution in [0.15, 0.2) is 18.3 Å². The minimum atomic E-state index is -0.436. The predicted molar refractivity (Wildman–Crippen MR) is 82.6 cm³/mol. The molecule has 1 saturated heterocycles. The summed E-state index contributed by atoms with van der Waals surface area (Å²) in [6.07, 6.45) is 1.85. The van der Waals surface area contributed by atoms with Crippen molar-refractivity contribution in [1.82, 2.24) is 14.8 Å². The second kappa shape index (κ2) is 6.41. The summed E-state index contributed by atoms with van der Waals surface area (Å²) in [5.41, 5.74) is 0.617. The molecule has 1 aromatic rings. The van der Waals surface area contributed by atoms with Crippen LogP contribution in [0.1, 0.15) is 16.8 Å². The van der Waals surface area contributed by atoms with E-state index in [1.54, 1.807) is 23.2 Å². The molecule has 2 atom stereocenters. The molecule has 6 heteroatoms. The SMILES string of the molecule is CN(C)CC1CC(O)CN1C(=O)c1ccnc(N(C)C)c1. The Morgan fingerprint density at radius 3 is 2.76 bits per heavy atom. The van der Waals surface area contributed by atoms with Gasteiger partial charge in [-0.1, -0.05) is 0 Å². The molecule has 1 fully saturated rings. The summed E-state index contributed by atoms with van der Waals surface area (Å²) in [6.45, 7) is 1.16. The monoisotopic (exact) mass is 292 g/mol. The maximum absolute atomic E-state index is 12.7. The first-order valence-corrected chi connectivity index (χ1v) is 7.15. The van der Waals surface area contributed by atoms with Crippen LogP contribution in [-0.4, -0.2) is 79.2 Å². The standard InChI is InChI=1S/C15H24N4O2/c1-17(2)9-12-8-13(20)10-19(12)15(21)11-5-6-16-14(7-11)18(3)4/h5-7,12-13,20H,8-10H2,1-4H3. The van der Waals surface area contributed by atoms with Gasteiger partial charge in [-0.2, -0.15) is 0 Å². The number of hydrogen-bond acceptors (Lipinski definition) is 5. The van der Waals surface area contributed by atoms with Crippen LogP contribution in [0.2, 0.25) is 0 Å². The molecule has 0 radical (unpaired) electrons. The van der Waals surface area contributed by atoms with E-state index in [4.69, 9.17) is 0 Å². The lowest BCUT2D eigenvalue weighted by Gasteiger charge is -2.27. The van der Waals surface area contributed by atoms with Crippen LogP contribution in [-0.2, 0) is 0 Å².